The van der Waals surface area contributed by atoms with Crippen LogP contribution in [0, 0.1) is 12.8 Å². The normalized spacial score (nSPS) is 21.6. The minimum Gasteiger partial charge on any atom is -0.356 e. The van der Waals surface area contributed by atoms with Gasteiger partial charge in [0.1, 0.15) is 11.6 Å². The fourth-order valence-corrected chi connectivity index (χ4v) is 3.48. The van der Waals surface area contributed by atoms with Crippen molar-refractivity contribution in [1.29, 1.82) is 0 Å². The number of anilines is 1. The second-order valence-electron chi connectivity index (χ2n) is 6.50. The van der Waals surface area contributed by atoms with E-state index in [1.807, 2.05) is 11.8 Å². The monoisotopic (exact) mass is 286 g/mol. The van der Waals surface area contributed by atoms with E-state index in [9.17, 15) is 4.79 Å². The first-order valence-corrected chi connectivity index (χ1v) is 8.12. The van der Waals surface area contributed by atoms with Gasteiger partial charge in [-0.15, -0.1) is 0 Å². The first kappa shape index (κ1) is 13.0. The summed E-state index contributed by atoms with van der Waals surface area (Å²) in [6.45, 7) is 5.66. The van der Waals surface area contributed by atoms with E-state index in [-0.39, 0.29) is 0 Å². The van der Waals surface area contributed by atoms with Gasteiger partial charge >= 0.3 is 0 Å². The van der Waals surface area contributed by atoms with Crippen molar-refractivity contribution in [2.24, 2.45) is 5.92 Å². The fourth-order valence-electron chi connectivity index (χ4n) is 3.48. The molecule has 1 saturated carbocycles. The Hall–Kier alpha value is -1.65. The van der Waals surface area contributed by atoms with Crippen molar-refractivity contribution in [3.05, 3.63) is 17.1 Å². The van der Waals surface area contributed by atoms with E-state index in [0.717, 1.165) is 56.2 Å². The van der Waals surface area contributed by atoms with Gasteiger partial charge in [-0.2, -0.15) is 0 Å². The lowest BCUT2D eigenvalue weighted by Gasteiger charge is -2.31. The van der Waals surface area contributed by atoms with Gasteiger partial charge in [0.25, 0.3) is 0 Å². The molecule has 112 valence electrons. The maximum Gasteiger partial charge on any atom is 0.225 e. The highest BCUT2D eigenvalue weighted by atomic mass is 16.2. The molecule has 5 nitrogen and oxygen atoms in total. The topological polar surface area (TPSA) is 49.3 Å². The van der Waals surface area contributed by atoms with Gasteiger partial charge in [0.05, 0.1) is 12.2 Å². The number of hydrogen-bond donors (Lipinski definition) is 0. The minimum absolute atomic E-state index is 0.299. The number of amides is 1. The summed E-state index contributed by atoms with van der Waals surface area (Å²) in [5.74, 6) is 2.59. The molecule has 0 bridgehead atoms. The minimum atomic E-state index is 0.299. The standard InChI is InChI=1S/C16H22N4O/c1-11-17-14-6-9-20(16(21)12-4-5-12)10-13(14)15(18-11)19-7-2-3-8-19/h12H,2-10H2,1H3. The molecule has 4 rings (SSSR count). The highest BCUT2D eigenvalue weighted by molar-refractivity contribution is 5.81. The molecule has 1 saturated heterocycles. The van der Waals surface area contributed by atoms with E-state index in [2.05, 4.69) is 9.88 Å². The molecule has 1 amide bonds. The number of aryl methyl sites for hydroxylation is 1. The second kappa shape index (κ2) is 4.97. The number of hydrogen-bond acceptors (Lipinski definition) is 4. The molecular formula is C16H22N4O. The van der Waals surface area contributed by atoms with Gasteiger partial charge in [-0.05, 0) is 32.6 Å². The van der Waals surface area contributed by atoms with Crippen LogP contribution in [0.15, 0.2) is 0 Å². The lowest BCUT2D eigenvalue weighted by molar-refractivity contribution is -0.133. The predicted molar refractivity (Wildman–Crippen MR) is 80.1 cm³/mol. The molecule has 0 radical (unpaired) electrons. The summed E-state index contributed by atoms with van der Waals surface area (Å²) in [6.07, 6.45) is 5.50. The molecule has 1 aromatic heterocycles. The highest BCUT2D eigenvalue weighted by Crippen LogP contribution is 2.34. The van der Waals surface area contributed by atoms with Crippen molar-refractivity contribution in [1.82, 2.24) is 14.9 Å². The van der Waals surface area contributed by atoms with Crippen LogP contribution >= 0.6 is 0 Å². The largest absolute Gasteiger partial charge is 0.356 e. The molecule has 0 aromatic carbocycles. The molecule has 5 heteroatoms. The third-order valence-corrected chi connectivity index (χ3v) is 4.79. The van der Waals surface area contributed by atoms with Crippen molar-refractivity contribution in [3.8, 4) is 0 Å². The summed E-state index contributed by atoms with van der Waals surface area (Å²) in [5.41, 5.74) is 2.35. The molecule has 0 spiro atoms. The van der Waals surface area contributed by atoms with E-state index < -0.39 is 0 Å². The molecular weight excluding hydrogens is 264 g/mol. The summed E-state index contributed by atoms with van der Waals surface area (Å²) in [6, 6.07) is 0. The van der Waals surface area contributed by atoms with Crippen LogP contribution in [0.5, 0.6) is 0 Å². The Labute approximate surface area is 125 Å². The van der Waals surface area contributed by atoms with E-state index in [1.165, 1.54) is 18.4 Å². The third kappa shape index (κ3) is 2.39. The van der Waals surface area contributed by atoms with Crippen LogP contribution in [0.2, 0.25) is 0 Å². The first-order valence-electron chi connectivity index (χ1n) is 8.12. The van der Waals surface area contributed by atoms with Gasteiger partial charge < -0.3 is 9.80 Å². The number of fused-ring (bicyclic) bond motifs is 1. The number of carbonyl (C=O) groups is 1. The summed E-state index contributed by atoms with van der Waals surface area (Å²) in [7, 11) is 0. The Balaban J connectivity index is 1.66. The van der Waals surface area contributed by atoms with E-state index in [1.54, 1.807) is 0 Å². The van der Waals surface area contributed by atoms with Crippen molar-refractivity contribution in [3.63, 3.8) is 0 Å². The third-order valence-electron chi connectivity index (χ3n) is 4.79. The molecule has 21 heavy (non-hydrogen) atoms. The fraction of sp³-hybridized carbons (Fsp3) is 0.688. The van der Waals surface area contributed by atoms with Gasteiger partial charge in [-0.3, -0.25) is 4.79 Å². The Morgan fingerprint density at radius 3 is 2.62 bits per heavy atom. The van der Waals surface area contributed by atoms with Crippen molar-refractivity contribution >= 4 is 11.7 Å². The quantitative estimate of drug-likeness (QED) is 0.830. The van der Waals surface area contributed by atoms with E-state index >= 15 is 0 Å². The average molecular weight is 286 g/mol. The second-order valence-corrected chi connectivity index (χ2v) is 6.50. The number of aromatic nitrogens is 2. The zero-order valence-corrected chi connectivity index (χ0v) is 12.6. The summed E-state index contributed by atoms with van der Waals surface area (Å²) in [5, 5.41) is 0. The zero-order valence-electron chi connectivity index (χ0n) is 12.6. The molecule has 1 aromatic rings. The lowest BCUT2D eigenvalue weighted by Crippen LogP contribution is -2.38. The van der Waals surface area contributed by atoms with Gasteiger partial charge in [-0.25, -0.2) is 9.97 Å². The van der Waals surface area contributed by atoms with Crippen LogP contribution < -0.4 is 4.90 Å². The Morgan fingerprint density at radius 1 is 1.14 bits per heavy atom. The van der Waals surface area contributed by atoms with Gasteiger partial charge in [0, 0.05) is 37.5 Å². The maximum absolute atomic E-state index is 12.3. The molecule has 0 N–H and O–H groups in total. The van der Waals surface area contributed by atoms with Crippen LogP contribution in [0.25, 0.3) is 0 Å². The number of carbonyl (C=O) groups excluding carboxylic acids is 1. The Kier molecular flexibility index (Phi) is 3.08. The highest BCUT2D eigenvalue weighted by Gasteiger charge is 2.36. The lowest BCUT2D eigenvalue weighted by atomic mass is 10.0. The smallest absolute Gasteiger partial charge is 0.225 e. The summed E-state index contributed by atoms with van der Waals surface area (Å²) in [4.78, 5) is 26.1. The molecule has 3 heterocycles. The molecule has 1 aliphatic carbocycles. The maximum atomic E-state index is 12.3. The molecule has 2 fully saturated rings. The van der Waals surface area contributed by atoms with Crippen LogP contribution in [-0.4, -0.2) is 40.4 Å². The predicted octanol–water partition coefficient (Wildman–Crippen LogP) is 1.68. The molecule has 0 atom stereocenters. The Morgan fingerprint density at radius 2 is 1.90 bits per heavy atom. The molecule has 3 aliphatic rings. The van der Waals surface area contributed by atoms with Gasteiger partial charge in [-0.1, -0.05) is 0 Å². The van der Waals surface area contributed by atoms with E-state index in [0.29, 0.717) is 18.4 Å². The van der Waals surface area contributed by atoms with Gasteiger partial charge in [0.2, 0.25) is 5.91 Å². The SMILES string of the molecule is Cc1nc2c(c(N3CCCC3)n1)CN(C(=O)C1CC1)CC2. The first-order chi connectivity index (χ1) is 10.2. The zero-order chi connectivity index (χ0) is 14.4. The van der Waals surface area contributed by atoms with Crippen LogP contribution in [0.3, 0.4) is 0 Å². The van der Waals surface area contributed by atoms with E-state index in [4.69, 9.17) is 4.98 Å². The van der Waals surface area contributed by atoms with Crippen LogP contribution in [0.1, 0.15) is 42.8 Å². The molecule has 2 aliphatic heterocycles. The average Bonchev–Trinajstić information content (AvgIpc) is 3.20. The summed E-state index contributed by atoms with van der Waals surface area (Å²) >= 11 is 0. The van der Waals surface area contributed by atoms with Crippen LogP contribution in [-0.2, 0) is 17.8 Å². The number of rotatable bonds is 2. The van der Waals surface area contributed by atoms with Crippen molar-refractivity contribution in [2.45, 2.75) is 45.6 Å². The van der Waals surface area contributed by atoms with Crippen LogP contribution in [0.4, 0.5) is 5.82 Å². The summed E-state index contributed by atoms with van der Waals surface area (Å²) < 4.78 is 0. The number of nitrogens with zero attached hydrogens (tertiary/aromatic N) is 4. The van der Waals surface area contributed by atoms with Crippen molar-refractivity contribution in [2.75, 3.05) is 24.5 Å². The Bertz CT molecular complexity index is 576. The van der Waals surface area contributed by atoms with Crippen molar-refractivity contribution < 1.29 is 4.79 Å². The molecule has 0 unspecified atom stereocenters. The van der Waals surface area contributed by atoms with Gasteiger partial charge in [0.15, 0.2) is 0 Å².